The Morgan fingerprint density at radius 2 is 1.59 bits per heavy atom. The maximum Gasteiger partial charge on any atom is 0.339 e. The maximum absolute atomic E-state index is 13.4. The number of benzene rings is 3. The van der Waals surface area contributed by atoms with Crippen LogP contribution in [0.25, 0.3) is 0 Å². The molecule has 0 unspecified atom stereocenters. The van der Waals surface area contributed by atoms with E-state index in [4.69, 9.17) is 23.2 Å². The molecule has 0 N–H and O–H groups in total. The van der Waals surface area contributed by atoms with Crippen LogP contribution in [0.3, 0.4) is 0 Å². The van der Waals surface area contributed by atoms with Gasteiger partial charge in [-0.1, -0.05) is 65.7 Å². The lowest BCUT2D eigenvalue weighted by atomic mass is 10.2. The first-order valence-electron chi connectivity index (χ1n) is 9.29. The molecule has 3 aromatic rings. The van der Waals surface area contributed by atoms with Crippen LogP contribution in [-0.4, -0.2) is 23.7 Å². The number of nitro groups is 1. The molecule has 0 spiro atoms. The van der Waals surface area contributed by atoms with Crippen molar-refractivity contribution in [2.75, 3.05) is 4.90 Å². The van der Waals surface area contributed by atoms with Crippen LogP contribution < -0.4 is 4.90 Å². The summed E-state index contributed by atoms with van der Waals surface area (Å²) < 4.78 is 27.4. The van der Waals surface area contributed by atoms with Crippen molar-refractivity contribution in [2.24, 2.45) is 0 Å². The second-order valence-electron chi connectivity index (χ2n) is 7.03. The minimum Gasteiger partial charge on any atom is -0.288 e. The Balaban J connectivity index is 1.83. The zero-order valence-corrected chi connectivity index (χ0v) is 18.6. The molecule has 11 heteroatoms. The number of sulfonamides is 1. The molecule has 1 heterocycles. The first-order chi connectivity index (χ1) is 15.2. The molecule has 0 saturated carbocycles. The van der Waals surface area contributed by atoms with Crippen LogP contribution in [0.4, 0.5) is 16.2 Å². The SMILES string of the molecule is O=C1N(Cc2ccccc2)c2cc(Cl)cc(Cl)c2S(=O)(=O)N1Cc1cccc([N+](=O)[O-])c1. The van der Waals surface area contributed by atoms with E-state index in [9.17, 15) is 23.3 Å². The Bertz CT molecular complexity index is 1330. The minimum atomic E-state index is -4.35. The molecule has 3 aromatic carbocycles. The number of nitrogens with zero attached hydrogens (tertiary/aromatic N) is 3. The van der Waals surface area contributed by atoms with Crippen LogP contribution >= 0.6 is 23.2 Å². The third-order valence-corrected chi connectivity index (χ3v) is 7.34. The van der Waals surface area contributed by atoms with Gasteiger partial charge in [0.25, 0.3) is 15.7 Å². The first kappa shape index (κ1) is 22.1. The highest BCUT2D eigenvalue weighted by Gasteiger charge is 2.43. The summed E-state index contributed by atoms with van der Waals surface area (Å²) in [5.41, 5.74) is 0.907. The number of amides is 2. The highest BCUT2D eigenvalue weighted by Crippen LogP contribution is 2.42. The van der Waals surface area contributed by atoms with Crippen molar-refractivity contribution in [3.8, 4) is 0 Å². The van der Waals surface area contributed by atoms with Crippen molar-refractivity contribution >= 4 is 50.6 Å². The Hall–Kier alpha value is -3.14. The molecule has 1 aliphatic rings. The predicted molar refractivity (Wildman–Crippen MR) is 120 cm³/mol. The van der Waals surface area contributed by atoms with E-state index in [1.165, 1.54) is 41.3 Å². The van der Waals surface area contributed by atoms with E-state index in [1.54, 1.807) is 24.3 Å². The average Bonchev–Trinajstić information content (AvgIpc) is 2.74. The van der Waals surface area contributed by atoms with Gasteiger partial charge in [0.15, 0.2) is 0 Å². The van der Waals surface area contributed by atoms with Gasteiger partial charge in [-0.3, -0.25) is 15.0 Å². The quantitative estimate of drug-likeness (QED) is 0.359. The molecular formula is C21H15Cl2N3O5S. The monoisotopic (exact) mass is 491 g/mol. The lowest BCUT2D eigenvalue weighted by Gasteiger charge is -2.37. The van der Waals surface area contributed by atoms with Crippen LogP contribution in [-0.2, 0) is 23.1 Å². The number of hydrogen-bond donors (Lipinski definition) is 0. The molecule has 8 nitrogen and oxygen atoms in total. The van der Waals surface area contributed by atoms with Crippen molar-refractivity contribution in [1.29, 1.82) is 0 Å². The van der Waals surface area contributed by atoms with Gasteiger partial charge in [0.2, 0.25) is 0 Å². The molecule has 0 fully saturated rings. The van der Waals surface area contributed by atoms with Gasteiger partial charge in [0.05, 0.1) is 28.7 Å². The van der Waals surface area contributed by atoms with Gasteiger partial charge in [-0.25, -0.2) is 17.5 Å². The largest absolute Gasteiger partial charge is 0.339 e. The number of halogens is 2. The molecule has 0 aliphatic carbocycles. The predicted octanol–water partition coefficient (Wildman–Crippen LogP) is 5.23. The third kappa shape index (κ3) is 4.02. The zero-order valence-electron chi connectivity index (χ0n) is 16.3. The molecule has 32 heavy (non-hydrogen) atoms. The lowest BCUT2D eigenvalue weighted by molar-refractivity contribution is -0.384. The van der Waals surface area contributed by atoms with Crippen LogP contribution in [0, 0.1) is 10.1 Å². The number of carbonyl (C=O) groups is 1. The van der Waals surface area contributed by atoms with Crippen LogP contribution in [0.2, 0.25) is 10.0 Å². The number of urea groups is 1. The van der Waals surface area contributed by atoms with E-state index >= 15 is 0 Å². The Morgan fingerprint density at radius 1 is 0.906 bits per heavy atom. The molecule has 0 aromatic heterocycles. The average molecular weight is 492 g/mol. The highest BCUT2D eigenvalue weighted by molar-refractivity contribution is 7.90. The number of carbonyl (C=O) groups excluding carboxylic acids is 1. The topological polar surface area (TPSA) is 101 Å². The number of anilines is 1. The van der Waals surface area contributed by atoms with E-state index in [1.807, 2.05) is 6.07 Å². The number of non-ortho nitro benzene ring substituents is 1. The lowest BCUT2D eigenvalue weighted by Crippen LogP contribution is -2.50. The van der Waals surface area contributed by atoms with Gasteiger partial charge in [-0.2, -0.15) is 0 Å². The Morgan fingerprint density at radius 3 is 2.28 bits per heavy atom. The van der Waals surface area contributed by atoms with Gasteiger partial charge in [-0.15, -0.1) is 0 Å². The summed E-state index contributed by atoms with van der Waals surface area (Å²) in [6.07, 6.45) is 0. The first-order valence-corrected chi connectivity index (χ1v) is 11.5. The molecule has 2 amide bonds. The van der Waals surface area contributed by atoms with Crippen molar-refractivity contribution < 1.29 is 18.1 Å². The second kappa shape index (κ2) is 8.42. The molecule has 1 aliphatic heterocycles. The fourth-order valence-electron chi connectivity index (χ4n) is 3.46. The normalized spacial score (nSPS) is 14.9. The summed E-state index contributed by atoms with van der Waals surface area (Å²) in [6.45, 7) is -0.323. The van der Waals surface area contributed by atoms with Crippen molar-refractivity contribution in [1.82, 2.24) is 4.31 Å². The molecule has 0 bridgehead atoms. The summed E-state index contributed by atoms with van der Waals surface area (Å²) in [5.74, 6) is 0. The number of fused-ring (bicyclic) bond motifs is 1. The van der Waals surface area contributed by atoms with E-state index in [-0.39, 0.29) is 38.4 Å². The third-order valence-electron chi connectivity index (χ3n) is 4.90. The molecule has 0 atom stereocenters. The summed E-state index contributed by atoms with van der Waals surface area (Å²) in [7, 11) is -4.35. The van der Waals surface area contributed by atoms with Gasteiger partial charge in [0.1, 0.15) is 4.90 Å². The molecule has 4 rings (SSSR count). The number of nitro benzene ring substituents is 1. The van der Waals surface area contributed by atoms with Crippen LogP contribution in [0.1, 0.15) is 11.1 Å². The van der Waals surface area contributed by atoms with Gasteiger partial charge < -0.3 is 0 Å². The van der Waals surface area contributed by atoms with Crippen molar-refractivity contribution in [3.05, 3.63) is 98.0 Å². The van der Waals surface area contributed by atoms with Crippen LogP contribution in [0.5, 0.6) is 0 Å². The van der Waals surface area contributed by atoms with Crippen molar-refractivity contribution in [2.45, 2.75) is 18.0 Å². The Labute approximate surface area is 193 Å². The molecule has 164 valence electrons. The minimum absolute atomic E-state index is 0.0737. The fourth-order valence-corrected chi connectivity index (χ4v) is 5.82. The number of rotatable bonds is 5. The number of hydrogen-bond acceptors (Lipinski definition) is 5. The summed E-state index contributed by atoms with van der Waals surface area (Å²) in [5, 5.41) is 11.2. The summed E-state index contributed by atoms with van der Waals surface area (Å²) in [6, 6.07) is 16.3. The Kier molecular flexibility index (Phi) is 5.81. The fraction of sp³-hybridized carbons (Fsp3) is 0.0952. The van der Waals surface area contributed by atoms with E-state index in [2.05, 4.69) is 0 Å². The molecule has 0 saturated heterocycles. The van der Waals surface area contributed by atoms with E-state index in [0.29, 0.717) is 4.31 Å². The van der Waals surface area contributed by atoms with Crippen LogP contribution in [0.15, 0.2) is 71.6 Å². The van der Waals surface area contributed by atoms with Gasteiger partial charge in [0, 0.05) is 17.2 Å². The molecular weight excluding hydrogens is 477 g/mol. The second-order valence-corrected chi connectivity index (χ2v) is 9.67. The standard InChI is InChI=1S/C21H15Cl2N3O5S/c22-16-10-18(23)20-19(11-16)24(12-14-5-2-1-3-6-14)21(27)25(32(20,30)31)13-15-7-4-8-17(9-15)26(28)29/h1-11H,12-13H2. The van der Waals surface area contributed by atoms with Gasteiger partial charge in [-0.05, 0) is 23.3 Å². The summed E-state index contributed by atoms with van der Waals surface area (Å²) in [4.78, 5) is 24.9. The summed E-state index contributed by atoms with van der Waals surface area (Å²) >= 11 is 12.4. The maximum atomic E-state index is 13.4. The highest BCUT2D eigenvalue weighted by atomic mass is 35.5. The zero-order chi connectivity index (χ0) is 23.0. The van der Waals surface area contributed by atoms with Crippen molar-refractivity contribution in [3.63, 3.8) is 0 Å². The molecule has 0 radical (unpaired) electrons. The van der Waals surface area contributed by atoms with E-state index in [0.717, 1.165) is 5.56 Å². The van der Waals surface area contributed by atoms with Gasteiger partial charge >= 0.3 is 6.03 Å². The van der Waals surface area contributed by atoms with E-state index < -0.39 is 27.5 Å². The smallest absolute Gasteiger partial charge is 0.288 e.